The number of ether oxygens (including phenoxy) is 2. The maximum atomic E-state index is 13.2. The lowest BCUT2D eigenvalue weighted by atomic mass is 10.1. The van der Waals surface area contributed by atoms with E-state index in [1.54, 1.807) is 24.3 Å². The zero-order valence-electron chi connectivity index (χ0n) is 20.8. The number of esters is 2. The molecule has 0 aliphatic heterocycles. The van der Waals surface area contributed by atoms with Crippen LogP contribution in [0.2, 0.25) is 0 Å². The summed E-state index contributed by atoms with van der Waals surface area (Å²) >= 11 is 0. The van der Waals surface area contributed by atoms with Crippen LogP contribution in [0, 0.1) is 0 Å². The Hall–Kier alpha value is -4.32. The minimum Gasteiger partial charge on any atom is -0.449 e. The van der Waals surface area contributed by atoms with Gasteiger partial charge in [-0.2, -0.15) is 0 Å². The first kappa shape index (κ1) is 23.4. The highest BCUT2D eigenvalue weighted by Gasteiger charge is 2.40. The van der Waals surface area contributed by atoms with Gasteiger partial charge in [0.05, 0.1) is 11.1 Å². The van der Waals surface area contributed by atoms with Crippen LogP contribution in [-0.2, 0) is 9.47 Å². The first-order valence-corrected chi connectivity index (χ1v) is 11.8. The molecule has 182 valence electrons. The van der Waals surface area contributed by atoms with Crippen molar-refractivity contribution in [2.45, 2.75) is 12.2 Å². The Labute approximate surface area is 210 Å². The summed E-state index contributed by atoms with van der Waals surface area (Å²) < 4.78 is 12.1. The molecule has 5 rings (SSSR count). The molecule has 36 heavy (non-hydrogen) atoms. The third-order valence-corrected chi connectivity index (χ3v) is 6.56. The Morgan fingerprint density at radius 3 is 1.33 bits per heavy atom. The Bertz CT molecular complexity index is 1320. The molecule has 1 aliphatic carbocycles. The van der Waals surface area contributed by atoms with Crippen molar-refractivity contribution in [3.63, 3.8) is 0 Å². The smallest absolute Gasteiger partial charge is 0.338 e. The van der Waals surface area contributed by atoms with Crippen LogP contribution in [0.3, 0.4) is 0 Å². The molecule has 0 aromatic heterocycles. The molecular formula is C30H28N2O4. The lowest BCUT2D eigenvalue weighted by Gasteiger charge is -2.23. The highest BCUT2D eigenvalue weighted by molar-refractivity contribution is 5.95. The van der Waals surface area contributed by atoms with Crippen LogP contribution in [0.15, 0.2) is 84.9 Å². The van der Waals surface area contributed by atoms with Crippen LogP contribution in [0.25, 0.3) is 10.8 Å². The molecule has 0 radical (unpaired) electrons. The number of rotatable bonds is 6. The first-order valence-electron chi connectivity index (χ1n) is 11.8. The van der Waals surface area contributed by atoms with Gasteiger partial charge in [-0.15, -0.1) is 0 Å². The summed E-state index contributed by atoms with van der Waals surface area (Å²) in [6.45, 7) is 0. The van der Waals surface area contributed by atoms with Crippen LogP contribution in [0.4, 0.5) is 11.4 Å². The van der Waals surface area contributed by atoms with E-state index in [1.807, 2.05) is 98.7 Å². The quantitative estimate of drug-likeness (QED) is 0.326. The highest BCUT2D eigenvalue weighted by atomic mass is 16.6. The number of hydrogen-bond acceptors (Lipinski definition) is 6. The minimum absolute atomic E-state index is 0.438. The molecule has 0 unspecified atom stereocenters. The van der Waals surface area contributed by atoms with Crippen LogP contribution < -0.4 is 9.80 Å². The van der Waals surface area contributed by atoms with E-state index in [2.05, 4.69) is 0 Å². The van der Waals surface area contributed by atoms with Gasteiger partial charge < -0.3 is 19.3 Å². The SMILES string of the molecule is CN(C)c1ccc(C(=O)O[C@H]2c3cccc4cccc(c34)[C@@H]2OC(=O)c2ccc(N(C)C)cc2)cc1. The number of anilines is 2. The molecule has 0 heterocycles. The lowest BCUT2D eigenvalue weighted by Crippen LogP contribution is -2.20. The van der Waals surface area contributed by atoms with Gasteiger partial charge in [0.1, 0.15) is 0 Å². The standard InChI is InChI=1S/C30H28N2O4/c1-31(2)22-15-11-20(12-16-22)29(33)35-27-24-9-5-7-19-8-6-10-25(26(19)24)28(27)36-30(34)21-13-17-23(18-14-21)32(3)4/h5-18,27-28H,1-4H3/t27-,28-/m0/s1. The maximum absolute atomic E-state index is 13.2. The third kappa shape index (κ3) is 4.26. The Kier molecular flexibility index (Phi) is 6.10. The molecule has 6 nitrogen and oxygen atoms in total. The van der Waals surface area contributed by atoms with E-state index in [4.69, 9.17) is 9.47 Å². The monoisotopic (exact) mass is 480 g/mol. The summed E-state index contributed by atoms with van der Waals surface area (Å²) in [5.74, 6) is -0.932. The second kappa shape index (κ2) is 9.38. The van der Waals surface area contributed by atoms with Crippen molar-refractivity contribution in [3.8, 4) is 0 Å². The van der Waals surface area contributed by atoms with Gasteiger partial charge in [-0.05, 0) is 59.3 Å². The minimum atomic E-state index is -0.753. The molecule has 0 spiro atoms. The summed E-state index contributed by atoms with van der Waals surface area (Å²) in [4.78, 5) is 30.3. The molecule has 0 N–H and O–H groups in total. The van der Waals surface area contributed by atoms with Gasteiger partial charge in [0.2, 0.25) is 0 Å². The number of carbonyl (C=O) groups is 2. The number of carbonyl (C=O) groups excluding carboxylic acids is 2. The van der Waals surface area contributed by atoms with Crippen molar-refractivity contribution in [1.29, 1.82) is 0 Å². The lowest BCUT2D eigenvalue weighted by molar-refractivity contribution is -0.0345. The summed E-state index contributed by atoms with van der Waals surface area (Å²) in [5, 5.41) is 1.97. The van der Waals surface area contributed by atoms with Crippen LogP contribution >= 0.6 is 0 Å². The zero-order chi connectivity index (χ0) is 25.4. The zero-order valence-corrected chi connectivity index (χ0v) is 20.8. The molecule has 6 heteroatoms. The van der Waals surface area contributed by atoms with E-state index in [1.165, 1.54) is 0 Å². The maximum Gasteiger partial charge on any atom is 0.338 e. The van der Waals surface area contributed by atoms with Gasteiger partial charge >= 0.3 is 11.9 Å². The molecule has 4 aromatic rings. The van der Waals surface area contributed by atoms with Gasteiger partial charge in [0.25, 0.3) is 0 Å². The Morgan fingerprint density at radius 2 is 0.972 bits per heavy atom. The molecule has 0 saturated carbocycles. The second-order valence-electron chi connectivity index (χ2n) is 9.33. The van der Waals surface area contributed by atoms with Gasteiger partial charge in [-0.25, -0.2) is 9.59 Å². The fourth-order valence-electron chi connectivity index (χ4n) is 4.61. The number of benzene rings is 4. The summed E-state index contributed by atoms with van der Waals surface area (Å²) in [6, 6.07) is 26.2. The average molecular weight is 481 g/mol. The van der Waals surface area contributed by atoms with Gasteiger partial charge in [-0.1, -0.05) is 36.4 Å². The third-order valence-electron chi connectivity index (χ3n) is 6.56. The fourth-order valence-corrected chi connectivity index (χ4v) is 4.61. The van der Waals surface area contributed by atoms with Crippen molar-refractivity contribution < 1.29 is 19.1 Å². The molecule has 1 aliphatic rings. The molecular weight excluding hydrogens is 452 g/mol. The van der Waals surface area contributed by atoms with E-state index in [9.17, 15) is 9.59 Å². The normalized spacial score (nSPS) is 16.0. The van der Waals surface area contributed by atoms with Gasteiger partial charge in [-0.3, -0.25) is 0 Å². The van der Waals surface area contributed by atoms with Crippen LogP contribution in [-0.4, -0.2) is 40.1 Å². The number of nitrogens with zero attached hydrogens (tertiary/aromatic N) is 2. The van der Waals surface area contributed by atoms with Crippen molar-refractivity contribution in [3.05, 3.63) is 107 Å². The van der Waals surface area contributed by atoms with E-state index in [0.29, 0.717) is 11.1 Å². The molecule has 0 saturated heterocycles. The van der Waals surface area contributed by atoms with Crippen molar-refractivity contribution in [2.24, 2.45) is 0 Å². The average Bonchev–Trinajstić information content (AvgIpc) is 3.18. The number of hydrogen-bond donors (Lipinski definition) is 0. The molecule has 4 aromatic carbocycles. The van der Waals surface area contributed by atoms with Crippen LogP contribution in [0.5, 0.6) is 0 Å². The topological polar surface area (TPSA) is 59.1 Å². The fraction of sp³-hybridized carbons (Fsp3) is 0.200. The summed E-state index contributed by atoms with van der Waals surface area (Å²) in [6.07, 6.45) is -1.51. The molecule has 0 fully saturated rings. The molecule has 0 bridgehead atoms. The summed E-state index contributed by atoms with van der Waals surface area (Å²) in [7, 11) is 7.76. The second-order valence-corrected chi connectivity index (χ2v) is 9.33. The van der Waals surface area contributed by atoms with Crippen molar-refractivity contribution in [1.82, 2.24) is 0 Å². The van der Waals surface area contributed by atoms with E-state index < -0.39 is 24.1 Å². The van der Waals surface area contributed by atoms with Crippen molar-refractivity contribution >= 4 is 34.1 Å². The molecule has 0 amide bonds. The van der Waals surface area contributed by atoms with E-state index >= 15 is 0 Å². The van der Waals surface area contributed by atoms with Gasteiger partial charge in [0, 0.05) is 50.7 Å². The Morgan fingerprint density at radius 1 is 0.583 bits per heavy atom. The van der Waals surface area contributed by atoms with E-state index in [-0.39, 0.29) is 0 Å². The Balaban J connectivity index is 1.46. The molecule has 2 atom stereocenters. The highest BCUT2D eigenvalue weighted by Crippen LogP contribution is 2.48. The van der Waals surface area contributed by atoms with E-state index in [0.717, 1.165) is 33.3 Å². The summed E-state index contributed by atoms with van der Waals surface area (Å²) in [5.41, 5.74) is 4.51. The predicted molar refractivity (Wildman–Crippen MR) is 142 cm³/mol. The van der Waals surface area contributed by atoms with Crippen LogP contribution in [0.1, 0.15) is 44.1 Å². The van der Waals surface area contributed by atoms with Gasteiger partial charge in [0.15, 0.2) is 12.2 Å². The van der Waals surface area contributed by atoms with Crippen molar-refractivity contribution in [2.75, 3.05) is 38.0 Å². The predicted octanol–water partition coefficient (Wildman–Crippen LogP) is 5.78. The largest absolute Gasteiger partial charge is 0.449 e. The first-order chi connectivity index (χ1) is 17.3.